The van der Waals surface area contributed by atoms with Crippen molar-refractivity contribution in [2.75, 3.05) is 5.75 Å². The molecule has 15 heavy (non-hydrogen) atoms. The molecule has 4 nitrogen and oxygen atoms in total. The Labute approximate surface area is 99.4 Å². The third kappa shape index (κ3) is 6.32. The van der Waals surface area contributed by atoms with Gasteiger partial charge in [0.15, 0.2) is 0 Å². The van der Waals surface area contributed by atoms with E-state index in [1.807, 2.05) is 26.3 Å². The molecule has 1 atom stereocenters. The van der Waals surface area contributed by atoms with Gasteiger partial charge in [-0.1, -0.05) is 28.0 Å². The predicted octanol–water partition coefficient (Wildman–Crippen LogP) is 1.34. The smallest absolute Gasteiger partial charge is 0.233 e. The minimum Gasteiger partial charge on any atom is -0.274 e. The van der Waals surface area contributed by atoms with Crippen LogP contribution in [0.3, 0.4) is 0 Å². The van der Waals surface area contributed by atoms with Crippen LogP contribution in [-0.4, -0.2) is 25.3 Å². The number of nitrogens with one attached hydrogen (secondary N) is 1. The average Bonchev–Trinajstić information content (AvgIpc) is 2.63. The molecule has 1 rings (SSSR count). The zero-order valence-corrected chi connectivity index (χ0v) is 10.8. The highest BCUT2D eigenvalue weighted by atomic mass is 33.1. The number of carbonyl (C=O) groups is 1. The number of unbranched alkanes of at least 4 members (excludes halogenated alkanes) is 1. The Kier molecular flexibility index (Phi) is 6.51. The number of hydrogen-bond acceptors (Lipinski definition) is 5. The first kappa shape index (κ1) is 13.2. The van der Waals surface area contributed by atoms with Crippen molar-refractivity contribution < 1.29 is 13.2 Å². The summed E-state index contributed by atoms with van der Waals surface area (Å²) in [5.74, 6) is 0.839. The summed E-state index contributed by atoms with van der Waals surface area (Å²) >= 11 is 0. The second-order valence-corrected chi connectivity index (χ2v) is 6.89. The maximum atomic E-state index is 10.9. The van der Waals surface area contributed by atoms with Gasteiger partial charge in [-0.15, -0.1) is 0 Å². The van der Waals surface area contributed by atoms with Crippen molar-refractivity contribution >= 4 is 38.4 Å². The molecule has 0 aromatic rings. The Bertz CT molecular complexity index is 266. The van der Waals surface area contributed by atoms with Gasteiger partial charge in [0.05, 0.1) is 0 Å². The molecule has 0 aliphatic carbocycles. The van der Waals surface area contributed by atoms with Crippen LogP contribution in [-0.2, 0) is 15.7 Å². The molecule has 1 N–H and O–H groups in total. The molecule has 1 aliphatic rings. The first-order valence-electron chi connectivity index (χ1n) is 4.90. The normalized spacial score (nSPS) is 20.7. The molecule has 88 valence electrons. The molecule has 0 aromatic heterocycles. The Balaban J connectivity index is 1.98. The number of carbonyl (C=O) groups excluding carboxylic acids is 1. The van der Waals surface area contributed by atoms with Gasteiger partial charge < -0.3 is 0 Å². The second kappa shape index (κ2) is 7.40. The summed E-state index contributed by atoms with van der Waals surface area (Å²) in [6.45, 7) is 0. The van der Waals surface area contributed by atoms with Crippen LogP contribution in [0.15, 0.2) is 0 Å². The minimum absolute atomic E-state index is 0.313. The van der Waals surface area contributed by atoms with Gasteiger partial charge in [0.25, 0.3) is 0 Å². The van der Waals surface area contributed by atoms with Crippen molar-refractivity contribution in [3.63, 3.8) is 0 Å². The van der Waals surface area contributed by atoms with Gasteiger partial charge in [-0.3, -0.25) is 9.52 Å². The van der Waals surface area contributed by atoms with Crippen LogP contribution in [0, 0.1) is 0 Å². The van der Waals surface area contributed by atoms with Crippen LogP contribution in [0.2, 0.25) is 0 Å². The lowest BCUT2D eigenvalue weighted by Crippen LogP contribution is -2.20. The maximum absolute atomic E-state index is 10.9. The highest BCUT2D eigenvalue weighted by Gasteiger charge is 2.15. The highest BCUT2D eigenvalue weighted by molar-refractivity contribution is 8.77. The largest absolute Gasteiger partial charge is 0.274 e. The molecule has 0 bridgehead atoms. The van der Waals surface area contributed by atoms with Crippen molar-refractivity contribution in [1.29, 1.82) is 0 Å². The van der Waals surface area contributed by atoms with Crippen LogP contribution in [0.5, 0.6) is 0 Å². The molecular weight excluding hydrogens is 254 g/mol. The number of amides is 1. The molecule has 0 aromatic carbocycles. The summed E-state index contributed by atoms with van der Waals surface area (Å²) in [7, 11) is 1.07. The molecule has 7 heteroatoms. The lowest BCUT2D eigenvalue weighted by molar-refractivity contribution is -0.119. The summed E-state index contributed by atoms with van der Waals surface area (Å²) < 4.78 is 22.2. The van der Waals surface area contributed by atoms with E-state index in [9.17, 15) is 13.2 Å². The molecule has 1 aliphatic heterocycles. The van der Waals surface area contributed by atoms with E-state index in [2.05, 4.69) is 0 Å². The van der Waals surface area contributed by atoms with Gasteiger partial charge in [0.1, 0.15) is 0 Å². The monoisotopic (exact) mass is 269 g/mol. The topological polar surface area (TPSA) is 63.2 Å². The highest BCUT2D eigenvalue weighted by Crippen LogP contribution is 2.39. The standard InChI is InChI=1S/C8H15NO3S3/c10-8(9-15(11)12)4-2-1-3-7-5-6-13-14-7/h7,15H,1-6H2,(H,9,10,11,12). The van der Waals surface area contributed by atoms with E-state index < -0.39 is 10.9 Å². The minimum atomic E-state index is -2.78. The van der Waals surface area contributed by atoms with E-state index in [0.717, 1.165) is 24.5 Å². The zero-order chi connectivity index (χ0) is 11.1. The molecule has 1 fully saturated rings. The SMILES string of the molecule is O=C(CCCCC1CCSS1)N[SH](=O)=O. The fourth-order valence-electron chi connectivity index (χ4n) is 1.38. The van der Waals surface area contributed by atoms with E-state index in [4.69, 9.17) is 0 Å². The van der Waals surface area contributed by atoms with Crippen molar-refractivity contribution in [2.24, 2.45) is 0 Å². The van der Waals surface area contributed by atoms with Crippen molar-refractivity contribution in [3.8, 4) is 0 Å². The molecule has 1 unspecified atom stereocenters. The Morgan fingerprint density at radius 2 is 2.20 bits per heavy atom. The van der Waals surface area contributed by atoms with Crippen LogP contribution in [0.4, 0.5) is 0 Å². The van der Waals surface area contributed by atoms with E-state index in [0.29, 0.717) is 6.42 Å². The molecule has 0 spiro atoms. The van der Waals surface area contributed by atoms with Gasteiger partial charge in [-0.05, 0) is 19.3 Å². The van der Waals surface area contributed by atoms with Gasteiger partial charge in [-0.2, -0.15) is 0 Å². The molecule has 1 saturated heterocycles. The second-order valence-electron chi connectivity index (χ2n) is 3.37. The van der Waals surface area contributed by atoms with Gasteiger partial charge in [0.2, 0.25) is 16.8 Å². The molecule has 1 amide bonds. The van der Waals surface area contributed by atoms with Crippen LogP contribution in [0.1, 0.15) is 32.1 Å². The fraction of sp³-hybridized carbons (Fsp3) is 0.875. The van der Waals surface area contributed by atoms with Crippen LogP contribution < -0.4 is 4.72 Å². The van der Waals surface area contributed by atoms with Crippen molar-refractivity contribution in [2.45, 2.75) is 37.4 Å². The Morgan fingerprint density at radius 3 is 2.80 bits per heavy atom. The first-order chi connectivity index (χ1) is 7.18. The summed E-state index contributed by atoms with van der Waals surface area (Å²) in [5, 5.41) is 0.731. The number of hydrogen-bond donors (Lipinski definition) is 2. The molecule has 1 heterocycles. The third-order valence-corrected chi connectivity index (χ3v) is 5.56. The van der Waals surface area contributed by atoms with E-state index >= 15 is 0 Å². The average molecular weight is 269 g/mol. The van der Waals surface area contributed by atoms with Crippen molar-refractivity contribution in [3.05, 3.63) is 0 Å². The third-order valence-electron chi connectivity index (χ3n) is 2.12. The van der Waals surface area contributed by atoms with Crippen molar-refractivity contribution in [1.82, 2.24) is 4.72 Å². The van der Waals surface area contributed by atoms with Gasteiger partial charge in [0, 0.05) is 17.4 Å². The summed E-state index contributed by atoms with van der Waals surface area (Å²) in [4.78, 5) is 10.9. The first-order valence-corrected chi connectivity index (χ1v) is 8.46. The fourth-order valence-corrected chi connectivity index (χ4v) is 4.72. The summed E-state index contributed by atoms with van der Waals surface area (Å²) in [6, 6.07) is 0. The number of rotatable bonds is 6. The maximum Gasteiger partial charge on any atom is 0.233 e. The van der Waals surface area contributed by atoms with Gasteiger partial charge in [-0.25, -0.2) is 8.42 Å². The number of thiol groups is 1. The van der Waals surface area contributed by atoms with Crippen LogP contribution >= 0.6 is 21.6 Å². The molecule has 0 radical (unpaired) electrons. The Morgan fingerprint density at radius 1 is 1.40 bits per heavy atom. The predicted molar refractivity (Wildman–Crippen MR) is 65.4 cm³/mol. The molecular formula is C8H15NO3S3. The zero-order valence-electron chi connectivity index (χ0n) is 8.31. The lowest BCUT2D eigenvalue weighted by Gasteiger charge is -2.05. The Hall–Kier alpha value is 0.120. The van der Waals surface area contributed by atoms with Crippen LogP contribution in [0.25, 0.3) is 0 Å². The lowest BCUT2D eigenvalue weighted by atomic mass is 10.1. The molecule has 0 saturated carbocycles. The van der Waals surface area contributed by atoms with E-state index in [1.54, 1.807) is 0 Å². The summed E-state index contributed by atoms with van der Waals surface area (Å²) in [6.07, 6.45) is 4.48. The van der Waals surface area contributed by atoms with E-state index in [1.165, 1.54) is 12.2 Å². The quantitative estimate of drug-likeness (QED) is 0.433. The van der Waals surface area contributed by atoms with Gasteiger partial charge >= 0.3 is 0 Å². The van der Waals surface area contributed by atoms with E-state index in [-0.39, 0.29) is 5.91 Å². The summed E-state index contributed by atoms with van der Waals surface area (Å²) in [5.41, 5.74) is 0.